The highest BCUT2D eigenvalue weighted by Gasteiger charge is 2.12. The van der Waals surface area contributed by atoms with Crippen molar-refractivity contribution >= 4 is 40.8 Å². The van der Waals surface area contributed by atoms with Crippen LogP contribution in [-0.4, -0.2) is 36.6 Å². The molecule has 3 N–H and O–H groups in total. The zero-order chi connectivity index (χ0) is 20.5. The minimum absolute atomic E-state index is 0.0691. The van der Waals surface area contributed by atoms with Gasteiger partial charge in [-0.2, -0.15) is 0 Å². The first-order valence-corrected chi connectivity index (χ1v) is 9.04. The van der Waals surface area contributed by atoms with E-state index in [1.54, 1.807) is 42.5 Å². The van der Waals surface area contributed by atoms with E-state index in [-0.39, 0.29) is 22.1 Å². The second-order valence-corrected chi connectivity index (χ2v) is 6.23. The summed E-state index contributed by atoms with van der Waals surface area (Å²) in [4.78, 5) is 36.0. The number of ether oxygens (including phenoxy) is 1. The van der Waals surface area contributed by atoms with Gasteiger partial charge in [0.15, 0.2) is 5.11 Å². The molecule has 2 rings (SSSR count). The molecule has 7 nitrogen and oxygen atoms in total. The average molecular weight is 399 g/mol. The first-order valence-electron chi connectivity index (χ1n) is 8.63. The van der Waals surface area contributed by atoms with Crippen molar-refractivity contribution in [3.63, 3.8) is 0 Å². The van der Waals surface area contributed by atoms with Crippen LogP contribution in [0.4, 0.5) is 5.69 Å². The Hall–Kier alpha value is -3.26. The van der Waals surface area contributed by atoms with Crippen LogP contribution < -0.4 is 16.0 Å². The molecule has 0 unspecified atom stereocenters. The van der Waals surface area contributed by atoms with E-state index in [9.17, 15) is 14.4 Å². The molecule has 0 spiro atoms. The Labute approximate surface area is 168 Å². The van der Waals surface area contributed by atoms with E-state index >= 15 is 0 Å². The number of rotatable bonds is 6. The molecule has 0 radical (unpaired) electrons. The maximum atomic E-state index is 12.3. The zero-order valence-electron chi connectivity index (χ0n) is 15.6. The number of benzene rings is 2. The number of methoxy groups -OCH3 is 1. The fourth-order valence-electron chi connectivity index (χ4n) is 2.32. The van der Waals surface area contributed by atoms with Crippen LogP contribution in [0.1, 0.15) is 44.4 Å². The summed E-state index contributed by atoms with van der Waals surface area (Å²) in [5.41, 5.74) is 1.58. The van der Waals surface area contributed by atoms with Gasteiger partial charge in [0.2, 0.25) is 0 Å². The molecule has 28 heavy (non-hydrogen) atoms. The number of hydrogen-bond donors (Lipinski definition) is 3. The van der Waals surface area contributed by atoms with Crippen LogP contribution in [0, 0.1) is 0 Å². The van der Waals surface area contributed by atoms with Crippen LogP contribution >= 0.6 is 12.2 Å². The Bertz CT molecular complexity index is 899. The lowest BCUT2D eigenvalue weighted by Gasteiger charge is -2.11. The van der Waals surface area contributed by atoms with E-state index in [4.69, 9.17) is 12.2 Å². The monoisotopic (exact) mass is 399 g/mol. The van der Waals surface area contributed by atoms with Crippen LogP contribution in [0.3, 0.4) is 0 Å². The SMILES string of the molecule is CCCNC(=O)c1cccc(NC(=S)NC(=O)c2cccc(C(=O)OC)c2)c1. The topological polar surface area (TPSA) is 96.5 Å². The number of nitrogens with one attached hydrogen (secondary N) is 3. The third-order valence-electron chi connectivity index (χ3n) is 3.69. The quantitative estimate of drug-likeness (QED) is 0.511. The van der Waals surface area contributed by atoms with E-state index in [1.807, 2.05) is 6.92 Å². The number of esters is 1. The van der Waals surface area contributed by atoms with Gasteiger partial charge in [-0.3, -0.25) is 14.9 Å². The van der Waals surface area contributed by atoms with Gasteiger partial charge in [-0.15, -0.1) is 0 Å². The van der Waals surface area contributed by atoms with Gasteiger partial charge in [0, 0.05) is 23.4 Å². The third kappa shape index (κ3) is 5.88. The molecule has 0 aliphatic heterocycles. The van der Waals surface area contributed by atoms with Crippen molar-refractivity contribution in [2.75, 3.05) is 19.0 Å². The van der Waals surface area contributed by atoms with Crippen molar-refractivity contribution in [2.24, 2.45) is 0 Å². The van der Waals surface area contributed by atoms with Gasteiger partial charge >= 0.3 is 5.97 Å². The minimum Gasteiger partial charge on any atom is -0.465 e. The number of amides is 2. The molecule has 0 saturated heterocycles. The van der Waals surface area contributed by atoms with E-state index in [1.165, 1.54) is 13.2 Å². The molecule has 2 aromatic rings. The minimum atomic E-state index is -0.534. The molecule has 0 bridgehead atoms. The van der Waals surface area contributed by atoms with E-state index in [0.717, 1.165) is 6.42 Å². The summed E-state index contributed by atoms with van der Waals surface area (Å²) in [5, 5.41) is 8.27. The zero-order valence-corrected chi connectivity index (χ0v) is 16.4. The second-order valence-electron chi connectivity index (χ2n) is 5.82. The number of anilines is 1. The Balaban J connectivity index is 2.01. The molecule has 0 aliphatic rings. The summed E-state index contributed by atoms with van der Waals surface area (Å²) < 4.78 is 4.64. The number of hydrogen-bond acceptors (Lipinski definition) is 5. The summed E-state index contributed by atoms with van der Waals surface area (Å²) in [6, 6.07) is 12.9. The molecule has 0 aromatic heterocycles. The summed E-state index contributed by atoms with van der Waals surface area (Å²) in [6.45, 7) is 2.57. The Morgan fingerprint density at radius 1 is 0.964 bits per heavy atom. The fourth-order valence-corrected chi connectivity index (χ4v) is 2.53. The summed E-state index contributed by atoms with van der Waals surface area (Å²) >= 11 is 5.16. The molecule has 146 valence electrons. The Kier molecular flexibility index (Phi) is 7.65. The maximum absolute atomic E-state index is 12.3. The van der Waals surface area contributed by atoms with Crippen molar-refractivity contribution in [3.05, 3.63) is 65.2 Å². The summed E-state index contributed by atoms with van der Waals surface area (Å²) in [6.07, 6.45) is 0.844. The average Bonchev–Trinajstić information content (AvgIpc) is 2.71. The highest BCUT2D eigenvalue weighted by Crippen LogP contribution is 2.11. The van der Waals surface area contributed by atoms with Crippen LogP contribution in [0.15, 0.2) is 48.5 Å². The molecule has 0 saturated carbocycles. The van der Waals surface area contributed by atoms with E-state index in [2.05, 4.69) is 20.7 Å². The van der Waals surface area contributed by atoms with Gasteiger partial charge in [0.25, 0.3) is 11.8 Å². The van der Waals surface area contributed by atoms with Gasteiger partial charge in [-0.05, 0) is 55.0 Å². The lowest BCUT2D eigenvalue weighted by atomic mass is 10.1. The van der Waals surface area contributed by atoms with Crippen LogP contribution in [0.5, 0.6) is 0 Å². The van der Waals surface area contributed by atoms with Gasteiger partial charge in [0.05, 0.1) is 12.7 Å². The number of carbonyl (C=O) groups is 3. The van der Waals surface area contributed by atoms with Crippen LogP contribution in [0.25, 0.3) is 0 Å². The smallest absolute Gasteiger partial charge is 0.337 e. The van der Waals surface area contributed by atoms with Gasteiger partial charge in [-0.1, -0.05) is 19.1 Å². The van der Waals surface area contributed by atoms with Crippen LogP contribution in [0.2, 0.25) is 0 Å². The fraction of sp³-hybridized carbons (Fsp3) is 0.200. The Morgan fingerprint density at radius 2 is 1.61 bits per heavy atom. The Morgan fingerprint density at radius 3 is 2.29 bits per heavy atom. The van der Waals surface area contributed by atoms with Gasteiger partial charge in [0.1, 0.15) is 0 Å². The van der Waals surface area contributed by atoms with Gasteiger partial charge < -0.3 is 15.4 Å². The van der Waals surface area contributed by atoms with Crippen LogP contribution in [-0.2, 0) is 4.74 Å². The van der Waals surface area contributed by atoms with Gasteiger partial charge in [-0.25, -0.2) is 4.79 Å². The van der Waals surface area contributed by atoms with Crippen molar-refractivity contribution in [2.45, 2.75) is 13.3 Å². The third-order valence-corrected chi connectivity index (χ3v) is 3.90. The van der Waals surface area contributed by atoms with Crippen molar-refractivity contribution < 1.29 is 19.1 Å². The lowest BCUT2D eigenvalue weighted by molar-refractivity contribution is 0.0600. The molecule has 0 heterocycles. The molecule has 2 amide bonds. The first kappa shape index (κ1) is 21.0. The largest absolute Gasteiger partial charge is 0.465 e. The van der Waals surface area contributed by atoms with Crippen molar-refractivity contribution in [3.8, 4) is 0 Å². The number of carbonyl (C=O) groups excluding carboxylic acids is 3. The predicted octanol–water partition coefficient (Wildman–Crippen LogP) is 2.74. The molecule has 0 atom stereocenters. The molecular formula is C20H21N3O4S. The second kappa shape index (κ2) is 10.2. The maximum Gasteiger partial charge on any atom is 0.337 e. The normalized spacial score (nSPS) is 9.93. The standard InChI is InChI=1S/C20H21N3O4S/c1-3-10-21-17(24)14-7-5-9-16(12-14)22-20(28)23-18(25)13-6-4-8-15(11-13)19(26)27-2/h4-9,11-12H,3,10H2,1-2H3,(H,21,24)(H2,22,23,25,28). The van der Waals surface area contributed by atoms with Crippen molar-refractivity contribution in [1.29, 1.82) is 0 Å². The first-order chi connectivity index (χ1) is 13.4. The van der Waals surface area contributed by atoms with Crippen molar-refractivity contribution in [1.82, 2.24) is 10.6 Å². The van der Waals surface area contributed by atoms with E-state index < -0.39 is 11.9 Å². The molecule has 8 heteroatoms. The molecule has 0 fully saturated rings. The lowest BCUT2D eigenvalue weighted by Crippen LogP contribution is -2.34. The number of thiocarbonyl (C=S) groups is 1. The summed E-state index contributed by atoms with van der Waals surface area (Å²) in [5.74, 6) is -1.19. The van der Waals surface area contributed by atoms with E-state index in [0.29, 0.717) is 17.8 Å². The predicted molar refractivity (Wildman–Crippen MR) is 111 cm³/mol. The molecular weight excluding hydrogens is 378 g/mol. The molecule has 2 aromatic carbocycles. The highest BCUT2D eigenvalue weighted by atomic mass is 32.1. The summed E-state index contributed by atoms with van der Waals surface area (Å²) in [7, 11) is 1.27. The highest BCUT2D eigenvalue weighted by molar-refractivity contribution is 7.80. The molecule has 0 aliphatic carbocycles.